The van der Waals surface area contributed by atoms with Crippen molar-refractivity contribution in [3.63, 3.8) is 0 Å². The Morgan fingerprint density at radius 2 is 1.97 bits per heavy atom. The predicted octanol–water partition coefficient (Wildman–Crippen LogP) is 2.98. The number of hydrogen-bond acceptors (Lipinski definition) is 7. The Hall–Kier alpha value is -3.14. The Labute approximate surface area is 225 Å². The summed E-state index contributed by atoms with van der Waals surface area (Å²) in [6, 6.07) is 4.97. The van der Waals surface area contributed by atoms with Crippen molar-refractivity contribution in [2.24, 2.45) is 17.3 Å². The number of nitrogens with zero attached hydrogens (tertiary/aromatic N) is 3. The molecule has 3 unspecified atom stereocenters. The fourth-order valence-electron chi connectivity index (χ4n) is 7.60. The molecule has 204 valence electrons. The highest BCUT2D eigenvalue weighted by Gasteiger charge is 2.66. The average molecular weight is 534 g/mol. The van der Waals surface area contributed by atoms with Gasteiger partial charge in [-0.15, -0.1) is 0 Å². The van der Waals surface area contributed by atoms with E-state index < -0.39 is 11.6 Å². The van der Waals surface area contributed by atoms with Crippen LogP contribution in [0.4, 0.5) is 4.39 Å². The minimum atomic E-state index is -1.91. The number of cyclic esters (lactones) is 1. The zero-order valence-electron chi connectivity index (χ0n) is 22.5. The maximum atomic E-state index is 14.7. The second kappa shape index (κ2) is 7.96. The molecule has 9 heteroatoms. The van der Waals surface area contributed by atoms with E-state index in [0.29, 0.717) is 40.8 Å². The van der Waals surface area contributed by atoms with Crippen molar-refractivity contribution in [2.45, 2.75) is 65.5 Å². The molecule has 3 aliphatic heterocycles. The van der Waals surface area contributed by atoms with Gasteiger partial charge in [-0.1, -0.05) is 20.8 Å². The largest absolute Gasteiger partial charge is 0.458 e. The van der Waals surface area contributed by atoms with Crippen LogP contribution in [-0.2, 0) is 34.8 Å². The fraction of sp³-hybridized carbons (Fsp3) is 0.500. The molecule has 0 spiro atoms. The number of aliphatic hydroxyl groups excluding tert-OH is 1. The molecule has 2 aromatic heterocycles. The number of piperidine rings is 1. The van der Waals surface area contributed by atoms with Crippen LogP contribution in [-0.4, -0.2) is 49.8 Å². The van der Waals surface area contributed by atoms with Crippen LogP contribution in [0.3, 0.4) is 0 Å². The van der Waals surface area contributed by atoms with Crippen molar-refractivity contribution in [2.75, 3.05) is 13.2 Å². The zero-order valence-corrected chi connectivity index (χ0v) is 22.5. The molecule has 0 amide bonds. The van der Waals surface area contributed by atoms with Crippen LogP contribution in [0.5, 0.6) is 0 Å². The number of aryl methyl sites for hydroxylation is 1. The number of rotatable bonds is 4. The Morgan fingerprint density at radius 1 is 1.21 bits per heavy atom. The van der Waals surface area contributed by atoms with Crippen molar-refractivity contribution >= 4 is 16.9 Å². The van der Waals surface area contributed by atoms with Gasteiger partial charge in [-0.25, -0.2) is 14.2 Å². The van der Waals surface area contributed by atoms with Crippen LogP contribution in [0.2, 0.25) is 0 Å². The van der Waals surface area contributed by atoms with Gasteiger partial charge < -0.3 is 19.5 Å². The standard InChI is InChI=1S/C30H32FN3O5/c1-5-30(38)19-7-23-26-17(10-34(23)27(36)18(19)13-39-28(30)37)16(15-6-14(2)21(31)8-22(15)32-26)9-33-11-20-25(24(33)12-35)29(20,3)4/h6-8,20,24-25,35,38H,5,9-13H2,1-4H3/t20?,24?,25?,30-/m0/s1. The first-order valence-corrected chi connectivity index (χ1v) is 13.6. The van der Waals surface area contributed by atoms with Gasteiger partial charge in [0.2, 0.25) is 0 Å². The topological polar surface area (TPSA) is 105 Å². The first-order chi connectivity index (χ1) is 18.5. The number of carbonyl (C=O) groups is 1. The lowest BCUT2D eigenvalue weighted by molar-refractivity contribution is -0.172. The molecule has 39 heavy (non-hydrogen) atoms. The molecule has 0 radical (unpaired) electrons. The van der Waals surface area contributed by atoms with Gasteiger partial charge in [-0.2, -0.15) is 0 Å². The number of fused-ring (bicyclic) bond motifs is 6. The van der Waals surface area contributed by atoms with Gasteiger partial charge in [0.1, 0.15) is 12.4 Å². The normalized spacial score (nSPS) is 28.2. The summed E-state index contributed by atoms with van der Waals surface area (Å²) in [5.41, 5.74) is 2.41. The fourth-order valence-corrected chi connectivity index (χ4v) is 7.60. The highest BCUT2D eigenvalue weighted by atomic mass is 19.1. The highest BCUT2D eigenvalue weighted by molar-refractivity contribution is 5.89. The SMILES string of the molecule is CC[C@@]1(O)C(=O)OCc2c1cc1n(c2=O)Cc2c-1nc1cc(F)c(C)cc1c2CN1CC2C(C1CO)C2(C)C. The third-order valence-corrected chi connectivity index (χ3v) is 10.1. The quantitative estimate of drug-likeness (QED) is 0.389. The number of pyridine rings is 2. The lowest BCUT2D eigenvalue weighted by atomic mass is 9.86. The summed E-state index contributed by atoms with van der Waals surface area (Å²) < 4.78 is 21.6. The molecule has 2 N–H and O–H groups in total. The number of carbonyl (C=O) groups excluding carboxylic acids is 1. The molecule has 2 fully saturated rings. The summed E-state index contributed by atoms with van der Waals surface area (Å²) >= 11 is 0. The van der Waals surface area contributed by atoms with Crippen molar-refractivity contribution in [3.8, 4) is 11.4 Å². The van der Waals surface area contributed by atoms with E-state index in [1.807, 2.05) is 6.07 Å². The molecule has 4 aliphatic rings. The molecular weight excluding hydrogens is 501 g/mol. The summed E-state index contributed by atoms with van der Waals surface area (Å²) in [5, 5.41) is 22.3. The Morgan fingerprint density at radius 3 is 2.69 bits per heavy atom. The number of benzene rings is 1. The smallest absolute Gasteiger partial charge is 0.343 e. The van der Waals surface area contributed by atoms with E-state index in [0.717, 1.165) is 23.1 Å². The summed E-state index contributed by atoms with van der Waals surface area (Å²) in [4.78, 5) is 33.4. The van der Waals surface area contributed by atoms with Crippen LogP contribution >= 0.6 is 0 Å². The molecule has 1 aliphatic carbocycles. The van der Waals surface area contributed by atoms with Gasteiger partial charge in [0.05, 0.1) is 35.6 Å². The number of halogens is 1. The third-order valence-electron chi connectivity index (χ3n) is 10.1. The summed E-state index contributed by atoms with van der Waals surface area (Å²) in [6.45, 7) is 9.48. The number of aliphatic hydroxyl groups is 2. The molecule has 1 aromatic carbocycles. The van der Waals surface area contributed by atoms with E-state index >= 15 is 0 Å². The van der Waals surface area contributed by atoms with Gasteiger partial charge in [-0.05, 0) is 53.9 Å². The molecule has 8 nitrogen and oxygen atoms in total. The maximum absolute atomic E-state index is 14.7. The van der Waals surface area contributed by atoms with Crippen LogP contribution in [0.1, 0.15) is 55.0 Å². The van der Waals surface area contributed by atoms with Gasteiger partial charge >= 0.3 is 5.97 Å². The summed E-state index contributed by atoms with van der Waals surface area (Å²) in [5.74, 6) is -0.179. The number of ether oxygens (including phenoxy) is 1. The summed E-state index contributed by atoms with van der Waals surface area (Å²) in [7, 11) is 0. The maximum Gasteiger partial charge on any atom is 0.343 e. The second-order valence-electron chi connectivity index (χ2n) is 12.3. The van der Waals surface area contributed by atoms with Gasteiger partial charge in [0.15, 0.2) is 5.60 Å². The minimum absolute atomic E-state index is 0.0342. The van der Waals surface area contributed by atoms with Crippen LogP contribution in [0.25, 0.3) is 22.3 Å². The van der Waals surface area contributed by atoms with E-state index in [1.54, 1.807) is 24.5 Å². The Kier molecular flexibility index (Phi) is 5.08. The Bertz CT molecular complexity index is 1660. The van der Waals surface area contributed by atoms with E-state index in [9.17, 15) is 24.2 Å². The lowest BCUT2D eigenvalue weighted by Gasteiger charge is -2.31. The highest BCUT2D eigenvalue weighted by Crippen LogP contribution is 2.65. The van der Waals surface area contributed by atoms with Crippen molar-refractivity contribution in [1.82, 2.24) is 14.5 Å². The molecule has 7 rings (SSSR count). The molecule has 0 bridgehead atoms. The molecule has 1 saturated carbocycles. The van der Waals surface area contributed by atoms with E-state index in [-0.39, 0.29) is 60.1 Å². The van der Waals surface area contributed by atoms with Gasteiger partial charge in [-0.3, -0.25) is 9.69 Å². The van der Waals surface area contributed by atoms with Crippen molar-refractivity contribution in [1.29, 1.82) is 0 Å². The number of hydrogen-bond donors (Lipinski definition) is 2. The monoisotopic (exact) mass is 533 g/mol. The minimum Gasteiger partial charge on any atom is -0.458 e. The molecule has 3 aromatic rings. The average Bonchev–Trinajstić information content (AvgIpc) is 3.20. The third kappa shape index (κ3) is 3.18. The van der Waals surface area contributed by atoms with Crippen LogP contribution in [0.15, 0.2) is 23.0 Å². The first kappa shape index (κ1) is 24.9. The predicted molar refractivity (Wildman–Crippen MR) is 141 cm³/mol. The van der Waals surface area contributed by atoms with Crippen LogP contribution in [0, 0.1) is 30.0 Å². The number of aromatic nitrogens is 2. The van der Waals surface area contributed by atoms with Crippen LogP contribution < -0.4 is 5.56 Å². The second-order valence-corrected chi connectivity index (χ2v) is 12.3. The van der Waals surface area contributed by atoms with Gasteiger partial charge in [0.25, 0.3) is 5.56 Å². The zero-order chi connectivity index (χ0) is 27.6. The molecular formula is C30H32FN3O5. The summed E-state index contributed by atoms with van der Waals surface area (Å²) in [6.07, 6.45) is 0.0612. The first-order valence-electron chi connectivity index (χ1n) is 13.6. The number of esters is 1. The number of likely N-dealkylation sites (tertiary alicyclic amines) is 1. The van der Waals surface area contributed by atoms with E-state index in [2.05, 4.69) is 18.7 Å². The molecule has 5 heterocycles. The van der Waals surface area contributed by atoms with Crippen molar-refractivity contribution in [3.05, 3.63) is 62.2 Å². The van der Waals surface area contributed by atoms with Gasteiger partial charge in [0, 0.05) is 41.7 Å². The lowest BCUT2D eigenvalue weighted by Crippen LogP contribution is -2.44. The van der Waals surface area contributed by atoms with Crippen molar-refractivity contribution < 1.29 is 24.1 Å². The Balaban J connectivity index is 1.42. The molecule has 1 saturated heterocycles. The van der Waals surface area contributed by atoms with E-state index in [1.165, 1.54) is 6.07 Å². The molecule has 4 atom stereocenters. The van der Waals surface area contributed by atoms with E-state index in [4.69, 9.17) is 9.72 Å².